The van der Waals surface area contributed by atoms with Crippen LogP contribution in [0.25, 0.3) is 0 Å². The molecule has 0 fully saturated rings. The van der Waals surface area contributed by atoms with Gasteiger partial charge in [-0.3, -0.25) is 14.5 Å². The lowest BCUT2D eigenvalue weighted by molar-refractivity contribution is -0.124. The minimum Gasteiger partial charge on any atom is -0.453 e. The van der Waals surface area contributed by atoms with Gasteiger partial charge in [-0.1, -0.05) is 18.2 Å². The van der Waals surface area contributed by atoms with Crippen LogP contribution in [0.2, 0.25) is 0 Å². The third kappa shape index (κ3) is 4.81. The summed E-state index contributed by atoms with van der Waals surface area (Å²) in [6.45, 7) is 0.206. The lowest BCUT2D eigenvalue weighted by atomic mass is 9.94. The second-order valence-corrected chi connectivity index (χ2v) is 5.96. The summed E-state index contributed by atoms with van der Waals surface area (Å²) >= 11 is 0. The van der Waals surface area contributed by atoms with E-state index in [1.807, 2.05) is 24.3 Å². The van der Waals surface area contributed by atoms with Crippen LogP contribution >= 0.6 is 0 Å². The molecule has 0 bridgehead atoms. The highest BCUT2D eigenvalue weighted by Crippen LogP contribution is 2.38. The first-order valence-electron chi connectivity index (χ1n) is 8.25. The van der Waals surface area contributed by atoms with E-state index in [1.165, 1.54) is 19.1 Å². The summed E-state index contributed by atoms with van der Waals surface area (Å²) in [4.78, 5) is 48.3. The number of hydrogen-bond acceptors (Lipinski definition) is 6. The monoisotopic (exact) mass is 362 g/mol. The molecule has 2 rings (SSSR count). The maximum Gasteiger partial charge on any atom is 0.414 e. The number of alkyl carbamates (subject to hydrolysis) is 1. The van der Waals surface area contributed by atoms with Crippen molar-refractivity contribution in [3.63, 3.8) is 0 Å². The molecule has 0 spiro atoms. The van der Waals surface area contributed by atoms with E-state index in [1.54, 1.807) is 0 Å². The van der Waals surface area contributed by atoms with Crippen molar-refractivity contribution in [2.45, 2.75) is 25.2 Å². The van der Waals surface area contributed by atoms with Gasteiger partial charge >= 0.3 is 12.2 Å². The molecular formula is C18H22N2O6. The highest BCUT2D eigenvalue weighted by molar-refractivity contribution is 5.92. The minimum absolute atomic E-state index is 0.0535. The van der Waals surface area contributed by atoms with Gasteiger partial charge in [-0.25, -0.2) is 9.59 Å². The largest absolute Gasteiger partial charge is 0.453 e. The number of nitrogens with one attached hydrogen (secondary N) is 1. The molecule has 1 unspecified atom stereocenters. The summed E-state index contributed by atoms with van der Waals surface area (Å²) in [5.41, 5.74) is 1.67. The molecule has 0 aliphatic carbocycles. The van der Waals surface area contributed by atoms with Crippen molar-refractivity contribution in [3.8, 4) is 0 Å². The Morgan fingerprint density at radius 2 is 1.77 bits per heavy atom. The van der Waals surface area contributed by atoms with E-state index >= 15 is 0 Å². The number of nitrogens with zero attached hydrogens (tertiary/aromatic N) is 1. The fourth-order valence-electron chi connectivity index (χ4n) is 2.94. The van der Waals surface area contributed by atoms with Crippen LogP contribution in [0.5, 0.6) is 0 Å². The Labute approximate surface area is 151 Å². The topological polar surface area (TPSA) is 102 Å². The number of fused-ring (bicyclic) bond motifs is 1. The SMILES string of the molecule is COC(=O)NCC(=O)CCC(=O)CC1CN(C(=O)OC)c2ccccc21. The van der Waals surface area contributed by atoms with E-state index in [2.05, 4.69) is 10.1 Å². The number of rotatable bonds is 7. The number of carbonyl (C=O) groups is 4. The molecule has 1 heterocycles. The van der Waals surface area contributed by atoms with Crippen molar-refractivity contribution in [1.29, 1.82) is 0 Å². The van der Waals surface area contributed by atoms with E-state index in [9.17, 15) is 19.2 Å². The summed E-state index contributed by atoms with van der Waals surface area (Å²) in [6.07, 6.45) is -0.759. The van der Waals surface area contributed by atoms with Crippen LogP contribution in [0.15, 0.2) is 24.3 Å². The van der Waals surface area contributed by atoms with E-state index < -0.39 is 12.2 Å². The average Bonchev–Trinajstić information content (AvgIpc) is 3.02. The van der Waals surface area contributed by atoms with Gasteiger partial charge in [0.2, 0.25) is 0 Å². The number of ketones is 2. The Morgan fingerprint density at radius 1 is 1.08 bits per heavy atom. The first-order chi connectivity index (χ1) is 12.5. The molecule has 140 valence electrons. The molecule has 1 aromatic carbocycles. The average molecular weight is 362 g/mol. The van der Waals surface area contributed by atoms with Crippen LogP contribution < -0.4 is 10.2 Å². The lowest BCUT2D eigenvalue weighted by Crippen LogP contribution is -2.30. The van der Waals surface area contributed by atoms with Gasteiger partial charge in [0, 0.05) is 31.7 Å². The maximum atomic E-state index is 12.3. The van der Waals surface area contributed by atoms with Crippen molar-refractivity contribution in [3.05, 3.63) is 29.8 Å². The standard InChI is InChI=1S/C18H22N2O6/c1-25-17(23)19-10-14(22)8-7-13(21)9-12-11-20(18(24)26-2)16-6-4-3-5-15(12)16/h3-6,12H,7-11H2,1-2H3,(H,19,23). The number of para-hydroxylation sites is 1. The zero-order chi connectivity index (χ0) is 19.1. The molecule has 0 saturated carbocycles. The molecule has 1 aromatic rings. The van der Waals surface area contributed by atoms with Gasteiger partial charge in [-0.2, -0.15) is 0 Å². The second kappa shape index (κ2) is 8.98. The van der Waals surface area contributed by atoms with Gasteiger partial charge in [0.25, 0.3) is 0 Å². The molecule has 0 saturated heterocycles. The Bertz CT molecular complexity index is 703. The maximum absolute atomic E-state index is 12.3. The molecule has 0 aromatic heterocycles. The van der Waals surface area contributed by atoms with Gasteiger partial charge in [0.15, 0.2) is 5.78 Å². The predicted molar refractivity (Wildman–Crippen MR) is 93.2 cm³/mol. The smallest absolute Gasteiger partial charge is 0.414 e. The van der Waals surface area contributed by atoms with Gasteiger partial charge < -0.3 is 14.8 Å². The third-order valence-corrected chi connectivity index (χ3v) is 4.24. The number of benzene rings is 1. The number of carbonyl (C=O) groups excluding carboxylic acids is 4. The third-order valence-electron chi connectivity index (χ3n) is 4.24. The first kappa shape index (κ1) is 19.4. The van der Waals surface area contributed by atoms with Crippen LogP contribution in [0.1, 0.15) is 30.7 Å². The van der Waals surface area contributed by atoms with Crippen LogP contribution in [-0.4, -0.2) is 51.1 Å². The predicted octanol–water partition coefficient (Wildman–Crippen LogP) is 2.02. The summed E-state index contributed by atoms with van der Waals surface area (Å²) in [6, 6.07) is 7.39. The molecule has 0 radical (unpaired) electrons. The number of Topliss-reactive ketones (excluding diaryl/α,β-unsaturated/α-hetero) is 2. The molecular weight excluding hydrogens is 340 g/mol. The van der Waals surface area contributed by atoms with E-state index in [0.717, 1.165) is 11.3 Å². The Morgan fingerprint density at radius 3 is 2.46 bits per heavy atom. The van der Waals surface area contributed by atoms with Crippen molar-refractivity contribution >= 4 is 29.4 Å². The van der Waals surface area contributed by atoms with Crippen molar-refractivity contribution < 1.29 is 28.7 Å². The number of methoxy groups -OCH3 is 2. The summed E-state index contributed by atoms with van der Waals surface area (Å²) in [5, 5.41) is 2.29. The van der Waals surface area contributed by atoms with Crippen LogP contribution in [0, 0.1) is 0 Å². The highest BCUT2D eigenvalue weighted by atomic mass is 16.5. The lowest BCUT2D eigenvalue weighted by Gasteiger charge is -2.15. The molecule has 1 atom stereocenters. The summed E-state index contributed by atoms with van der Waals surface area (Å²) < 4.78 is 9.17. The zero-order valence-electron chi connectivity index (χ0n) is 14.8. The Balaban J connectivity index is 1.88. The second-order valence-electron chi connectivity index (χ2n) is 5.96. The van der Waals surface area contributed by atoms with Gasteiger partial charge in [-0.05, 0) is 11.6 Å². The van der Waals surface area contributed by atoms with E-state index in [0.29, 0.717) is 6.54 Å². The quantitative estimate of drug-likeness (QED) is 0.796. The molecule has 1 aliphatic rings. The minimum atomic E-state index is -0.685. The van der Waals surface area contributed by atoms with Crippen LogP contribution in [-0.2, 0) is 19.1 Å². The fourth-order valence-corrected chi connectivity index (χ4v) is 2.94. The molecule has 1 N–H and O–H groups in total. The molecule has 2 amide bonds. The van der Waals surface area contributed by atoms with Gasteiger partial charge in [0.05, 0.1) is 26.5 Å². The number of hydrogen-bond donors (Lipinski definition) is 1. The normalized spacial score (nSPS) is 15.2. The summed E-state index contributed by atoms with van der Waals surface area (Å²) in [7, 11) is 2.53. The molecule has 8 heteroatoms. The Kier molecular flexibility index (Phi) is 6.71. The number of anilines is 1. The molecule has 8 nitrogen and oxygen atoms in total. The fraction of sp³-hybridized carbons (Fsp3) is 0.444. The van der Waals surface area contributed by atoms with Crippen LogP contribution in [0.3, 0.4) is 0 Å². The highest BCUT2D eigenvalue weighted by Gasteiger charge is 2.33. The van der Waals surface area contributed by atoms with Crippen molar-refractivity contribution in [2.75, 3.05) is 32.2 Å². The summed E-state index contributed by atoms with van der Waals surface area (Å²) in [5.74, 6) is -0.434. The van der Waals surface area contributed by atoms with Crippen molar-refractivity contribution in [2.24, 2.45) is 0 Å². The van der Waals surface area contributed by atoms with Gasteiger partial charge in [-0.15, -0.1) is 0 Å². The molecule has 1 aliphatic heterocycles. The number of amides is 2. The van der Waals surface area contributed by atoms with Gasteiger partial charge in [0.1, 0.15) is 5.78 Å². The van der Waals surface area contributed by atoms with Crippen LogP contribution in [0.4, 0.5) is 15.3 Å². The molecule has 26 heavy (non-hydrogen) atoms. The van der Waals surface area contributed by atoms with E-state index in [-0.39, 0.29) is 43.3 Å². The van der Waals surface area contributed by atoms with Crippen molar-refractivity contribution in [1.82, 2.24) is 5.32 Å². The first-order valence-corrected chi connectivity index (χ1v) is 8.25. The van der Waals surface area contributed by atoms with E-state index in [4.69, 9.17) is 4.74 Å². The zero-order valence-corrected chi connectivity index (χ0v) is 14.8. The Hall–Kier alpha value is -2.90. The number of ether oxygens (including phenoxy) is 2.